The van der Waals surface area contributed by atoms with Crippen molar-refractivity contribution in [2.75, 3.05) is 6.54 Å². The minimum absolute atomic E-state index is 0.201. The molecule has 15 heavy (non-hydrogen) atoms. The third kappa shape index (κ3) is 1.41. The first kappa shape index (κ1) is 11.0. The summed E-state index contributed by atoms with van der Waals surface area (Å²) in [6, 6.07) is 0. The number of rotatable bonds is 2. The molecule has 3 atom stereocenters. The lowest BCUT2D eigenvalue weighted by Crippen LogP contribution is -2.46. The van der Waals surface area contributed by atoms with Crippen LogP contribution in [0.4, 0.5) is 0 Å². The SMILES string of the molecule is CCNC(=O)C1C2(C)CCC(C2)C1(C)C. The zero-order valence-electron chi connectivity index (χ0n) is 10.4. The van der Waals surface area contributed by atoms with Crippen LogP contribution in [-0.4, -0.2) is 12.5 Å². The Hall–Kier alpha value is -0.530. The lowest BCUT2D eigenvalue weighted by molar-refractivity contribution is -0.133. The lowest BCUT2D eigenvalue weighted by Gasteiger charge is -2.41. The summed E-state index contributed by atoms with van der Waals surface area (Å²) >= 11 is 0. The van der Waals surface area contributed by atoms with Crippen molar-refractivity contribution in [2.45, 2.75) is 47.0 Å². The van der Waals surface area contributed by atoms with Crippen LogP contribution in [0.5, 0.6) is 0 Å². The summed E-state index contributed by atoms with van der Waals surface area (Å²) in [5.41, 5.74) is 0.472. The summed E-state index contributed by atoms with van der Waals surface area (Å²) in [5.74, 6) is 1.27. The summed E-state index contributed by atoms with van der Waals surface area (Å²) in [5, 5.41) is 3.01. The number of fused-ring (bicyclic) bond motifs is 2. The Labute approximate surface area is 92.8 Å². The summed E-state index contributed by atoms with van der Waals surface area (Å²) in [6.45, 7) is 9.62. The molecule has 0 heterocycles. The zero-order chi connectivity index (χ0) is 11.3. The highest BCUT2D eigenvalue weighted by Crippen LogP contribution is 2.65. The van der Waals surface area contributed by atoms with E-state index in [4.69, 9.17) is 0 Å². The summed E-state index contributed by atoms with van der Waals surface area (Å²) in [4.78, 5) is 12.1. The molecule has 0 saturated heterocycles. The fourth-order valence-electron chi connectivity index (χ4n) is 4.23. The molecule has 0 aliphatic heterocycles. The van der Waals surface area contributed by atoms with Gasteiger partial charge in [-0.2, -0.15) is 0 Å². The number of hydrogen-bond acceptors (Lipinski definition) is 1. The van der Waals surface area contributed by atoms with Crippen LogP contribution in [0.2, 0.25) is 0 Å². The molecule has 2 bridgehead atoms. The molecule has 2 nitrogen and oxygen atoms in total. The van der Waals surface area contributed by atoms with Gasteiger partial charge < -0.3 is 5.32 Å². The van der Waals surface area contributed by atoms with E-state index in [1.165, 1.54) is 19.3 Å². The number of amides is 1. The standard InChI is InChI=1S/C13H23NO/c1-5-14-11(15)10-12(2,3)9-6-7-13(10,4)8-9/h9-10H,5-8H2,1-4H3,(H,14,15). The molecule has 1 amide bonds. The maximum Gasteiger partial charge on any atom is 0.224 e. The number of hydrogen-bond donors (Lipinski definition) is 1. The monoisotopic (exact) mass is 209 g/mol. The molecule has 2 saturated carbocycles. The molecule has 2 aliphatic rings. The van der Waals surface area contributed by atoms with Crippen LogP contribution in [0.1, 0.15) is 47.0 Å². The molecular formula is C13H23NO. The van der Waals surface area contributed by atoms with Gasteiger partial charge in [0.25, 0.3) is 0 Å². The fraction of sp³-hybridized carbons (Fsp3) is 0.923. The van der Waals surface area contributed by atoms with Gasteiger partial charge >= 0.3 is 0 Å². The van der Waals surface area contributed by atoms with E-state index in [1.807, 2.05) is 6.92 Å². The van der Waals surface area contributed by atoms with Crippen LogP contribution in [-0.2, 0) is 4.79 Å². The Balaban J connectivity index is 2.26. The third-order valence-electron chi connectivity index (χ3n) is 4.88. The number of carbonyl (C=O) groups is 1. The van der Waals surface area contributed by atoms with E-state index in [0.29, 0.717) is 0 Å². The van der Waals surface area contributed by atoms with Gasteiger partial charge in [-0.25, -0.2) is 0 Å². The van der Waals surface area contributed by atoms with E-state index < -0.39 is 0 Å². The third-order valence-corrected chi connectivity index (χ3v) is 4.88. The smallest absolute Gasteiger partial charge is 0.224 e. The van der Waals surface area contributed by atoms with Crippen molar-refractivity contribution in [3.05, 3.63) is 0 Å². The van der Waals surface area contributed by atoms with Crippen LogP contribution in [0.25, 0.3) is 0 Å². The minimum Gasteiger partial charge on any atom is -0.356 e. The van der Waals surface area contributed by atoms with Crippen LogP contribution < -0.4 is 5.32 Å². The summed E-state index contributed by atoms with van der Waals surface area (Å²) < 4.78 is 0. The minimum atomic E-state index is 0.201. The van der Waals surface area contributed by atoms with Crippen molar-refractivity contribution >= 4 is 5.91 Å². The Morgan fingerprint density at radius 2 is 2.07 bits per heavy atom. The Kier molecular flexibility index (Phi) is 2.36. The highest BCUT2D eigenvalue weighted by Gasteiger charge is 2.61. The van der Waals surface area contributed by atoms with Crippen LogP contribution in [0.15, 0.2) is 0 Å². The molecule has 0 spiro atoms. The van der Waals surface area contributed by atoms with Gasteiger partial charge in [-0.3, -0.25) is 4.79 Å². The second kappa shape index (κ2) is 3.23. The molecule has 3 unspecified atom stereocenters. The first-order chi connectivity index (χ1) is 6.92. The van der Waals surface area contributed by atoms with E-state index in [9.17, 15) is 4.79 Å². The van der Waals surface area contributed by atoms with Gasteiger partial charge in [0, 0.05) is 12.5 Å². The molecule has 1 N–H and O–H groups in total. The van der Waals surface area contributed by atoms with Gasteiger partial charge in [0.2, 0.25) is 5.91 Å². The average Bonchev–Trinajstić information content (AvgIpc) is 2.55. The molecule has 0 radical (unpaired) electrons. The van der Waals surface area contributed by atoms with Crippen molar-refractivity contribution in [1.29, 1.82) is 0 Å². The first-order valence-electron chi connectivity index (χ1n) is 6.19. The van der Waals surface area contributed by atoms with Crippen LogP contribution in [0.3, 0.4) is 0 Å². The van der Waals surface area contributed by atoms with Crippen molar-refractivity contribution in [3.8, 4) is 0 Å². The lowest BCUT2D eigenvalue weighted by atomic mass is 9.63. The molecule has 2 heteroatoms. The van der Waals surface area contributed by atoms with Gasteiger partial charge in [0.05, 0.1) is 0 Å². The maximum absolute atomic E-state index is 12.1. The normalized spacial score (nSPS) is 41.9. The van der Waals surface area contributed by atoms with E-state index in [2.05, 4.69) is 26.1 Å². The molecule has 2 aliphatic carbocycles. The van der Waals surface area contributed by atoms with Gasteiger partial charge in [0.15, 0.2) is 0 Å². The average molecular weight is 209 g/mol. The quantitative estimate of drug-likeness (QED) is 0.744. The molecule has 0 aromatic heterocycles. The van der Waals surface area contributed by atoms with E-state index in [1.54, 1.807) is 0 Å². The molecule has 2 rings (SSSR count). The second-order valence-electron chi connectivity index (χ2n) is 6.24. The molecule has 0 aromatic rings. The van der Waals surface area contributed by atoms with E-state index in [0.717, 1.165) is 12.5 Å². The van der Waals surface area contributed by atoms with Crippen LogP contribution >= 0.6 is 0 Å². The molecular weight excluding hydrogens is 186 g/mol. The fourth-order valence-corrected chi connectivity index (χ4v) is 4.23. The zero-order valence-corrected chi connectivity index (χ0v) is 10.4. The Morgan fingerprint density at radius 3 is 2.53 bits per heavy atom. The summed E-state index contributed by atoms with van der Waals surface area (Å²) in [7, 11) is 0. The van der Waals surface area contributed by atoms with Gasteiger partial charge in [-0.15, -0.1) is 0 Å². The van der Waals surface area contributed by atoms with Crippen molar-refractivity contribution in [3.63, 3.8) is 0 Å². The number of carbonyl (C=O) groups excluding carboxylic acids is 1. The molecule has 86 valence electrons. The highest BCUT2D eigenvalue weighted by atomic mass is 16.2. The predicted molar refractivity (Wildman–Crippen MR) is 61.4 cm³/mol. The largest absolute Gasteiger partial charge is 0.356 e. The topological polar surface area (TPSA) is 29.1 Å². The van der Waals surface area contributed by atoms with Gasteiger partial charge in [-0.05, 0) is 42.9 Å². The number of nitrogens with one attached hydrogen (secondary N) is 1. The Morgan fingerprint density at radius 1 is 1.40 bits per heavy atom. The molecule has 2 fully saturated rings. The van der Waals surface area contributed by atoms with E-state index in [-0.39, 0.29) is 22.7 Å². The maximum atomic E-state index is 12.1. The first-order valence-corrected chi connectivity index (χ1v) is 6.19. The highest BCUT2D eigenvalue weighted by molar-refractivity contribution is 5.81. The summed E-state index contributed by atoms with van der Waals surface area (Å²) in [6.07, 6.45) is 3.81. The van der Waals surface area contributed by atoms with Gasteiger partial charge in [0.1, 0.15) is 0 Å². The van der Waals surface area contributed by atoms with E-state index >= 15 is 0 Å². The van der Waals surface area contributed by atoms with Crippen molar-refractivity contribution < 1.29 is 4.79 Å². The van der Waals surface area contributed by atoms with Gasteiger partial charge in [-0.1, -0.05) is 20.8 Å². The predicted octanol–water partition coefficient (Wildman–Crippen LogP) is 2.58. The van der Waals surface area contributed by atoms with Crippen molar-refractivity contribution in [2.24, 2.45) is 22.7 Å². The van der Waals surface area contributed by atoms with Crippen LogP contribution in [0, 0.1) is 22.7 Å². The Bertz CT molecular complexity index is 280. The van der Waals surface area contributed by atoms with Crippen molar-refractivity contribution in [1.82, 2.24) is 5.32 Å². The second-order valence-corrected chi connectivity index (χ2v) is 6.24. The molecule has 0 aromatic carbocycles.